The van der Waals surface area contributed by atoms with Gasteiger partial charge in [-0.3, -0.25) is 0 Å². The Balaban J connectivity index is -0.0000000488. The van der Waals surface area contributed by atoms with E-state index in [-0.39, 0.29) is 0 Å². The van der Waals surface area contributed by atoms with Crippen LogP contribution in [0, 0.1) is 47.3 Å². The summed E-state index contributed by atoms with van der Waals surface area (Å²) in [4.78, 5) is 0. The molecule has 0 aliphatic heterocycles. The van der Waals surface area contributed by atoms with E-state index in [1.165, 1.54) is 0 Å². The monoisotopic (exact) mass is 593 g/mol. The third-order valence-corrected chi connectivity index (χ3v) is 2.92. The Morgan fingerprint density at radius 1 is 0.200 bits per heavy atom. The fraction of sp³-hybridized carbons (Fsp3) is 1.00. The molecule has 0 unspecified atom stereocenters. The van der Waals surface area contributed by atoms with Crippen LogP contribution in [0.25, 0.3) is 0 Å². The molecule has 0 spiro atoms. The highest BCUT2D eigenvalue weighted by molar-refractivity contribution is 4.35. The maximum atomic E-state index is 8.14. The van der Waals surface area contributed by atoms with Gasteiger partial charge in [-0.15, -0.1) is 0 Å². The first-order valence-electron chi connectivity index (χ1n) is 15.0. The third-order valence-electron chi connectivity index (χ3n) is 2.92. The minimum Gasteiger partial charge on any atom is -0.396 e. The summed E-state index contributed by atoms with van der Waals surface area (Å²) in [7, 11) is 0. The van der Waals surface area contributed by atoms with E-state index in [0.717, 1.165) is 0 Å². The molecule has 40 heavy (non-hydrogen) atoms. The third kappa shape index (κ3) is 206. The van der Waals surface area contributed by atoms with Crippen LogP contribution in [0.15, 0.2) is 0 Å². The van der Waals surface area contributed by atoms with Crippen LogP contribution in [0.5, 0.6) is 0 Å². The van der Waals surface area contributed by atoms with Gasteiger partial charge >= 0.3 is 0 Å². The number of rotatable bonds is 8. The van der Waals surface area contributed by atoms with Gasteiger partial charge in [0.25, 0.3) is 0 Å². The Morgan fingerprint density at radius 2 is 0.225 bits per heavy atom. The molecule has 0 radical (unpaired) electrons. The lowest BCUT2D eigenvalue weighted by Crippen LogP contribution is -1.90. The van der Waals surface area contributed by atoms with Gasteiger partial charge in [0.05, 0.1) is 0 Å². The van der Waals surface area contributed by atoms with E-state index in [1.54, 1.807) is 0 Å². The molecule has 0 heterocycles. The molecule has 0 bridgehead atoms. The molecule has 0 aliphatic carbocycles. The summed E-state index contributed by atoms with van der Waals surface area (Å²) in [6, 6.07) is 0. The van der Waals surface area contributed by atoms with Crippen LogP contribution in [-0.2, 0) is 0 Å². The first kappa shape index (κ1) is 59.2. The zero-order valence-electron chi connectivity index (χ0n) is 29.9. The van der Waals surface area contributed by atoms with Gasteiger partial charge in [-0.2, -0.15) is 0 Å². The molecule has 0 aliphatic rings. The van der Waals surface area contributed by atoms with Crippen molar-refractivity contribution >= 4 is 0 Å². The van der Waals surface area contributed by atoms with Crippen LogP contribution in [0.2, 0.25) is 0 Å². The van der Waals surface area contributed by atoms with E-state index in [2.05, 4.69) is 0 Å². The molecule has 0 atom stereocenters. The van der Waals surface area contributed by atoms with Crippen LogP contribution < -0.4 is 0 Å². The van der Waals surface area contributed by atoms with Crippen LogP contribution in [0.3, 0.4) is 0 Å². The zero-order chi connectivity index (χ0) is 34.3. The average molecular weight is 593 g/mol. The summed E-state index contributed by atoms with van der Waals surface area (Å²) in [5.41, 5.74) is 0. The molecule has 8 nitrogen and oxygen atoms in total. The summed E-state index contributed by atoms with van der Waals surface area (Å²) in [5.74, 6) is 3.52. The molecule has 0 rings (SSSR count). The molecule has 0 aromatic rings. The molecular formula is C32H80O8. The average Bonchev–Trinajstić information content (AvgIpc) is 2.90. The Kier molecular flexibility index (Phi) is 80.9. The summed E-state index contributed by atoms with van der Waals surface area (Å²) < 4.78 is 0. The van der Waals surface area contributed by atoms with Crippen molar-refractivity contribution < 1.29 is 40.9 Å². The molecule has 0 saturated carbocycles. The Morgan fingerprint density at radius 3 is 0.225 bits per heavy atom. The van der Waals surface area contributed by atoms with Gasteiger partial charge in [-0.05, 0) is 47.3 Å². The summed E-state index contributed by atoms with van der Waals surface area (Å²) in [6.45, 7) is 34.0. The zero-order valence-corrected chi connectivity index (χ0v) is 29.9. The van der Waals surface area contributed by atoms with E-state index < -0.39 is 0 Å². The van der Waals surface area contributed by atoms with Crippen molar-refractivity contribution in [1.29, 1.82) is 0 Å². The van der Waals surface area contributed by atoms with Crippen molar-refractivity contribution in [3.8, 4) is 0 Å². The van der Waals surface area contributed by atoms with Crippen LogP contribution in [0.1, 0.15) is 111 Å². The highest BCUT2D eigenvalue weighted by atomic mass is 16.3. The number of aliphatic hydroxyl groups is 8. The molecule has 0 saturated heterocycles. The van der Waals surface area contributed by atoms with Crippen LogP contribution in [0.4, 0.5) is 0 Å². The second kappa shape index (κ2) is 54.7. The van der Waals surface area contributed by atoms with Gasteiger partial charge in [0.1, 0.15) is 0 Å². The minimum atomic E-state index is 0.306. The highest BCUT2D eigenvalue weighted by Gasteiger charge is 1.84. The Hall–Kier alpha value is -0.320. The second-order valence-corrected chi connectivity index (χ2v) is 12.6. The maximum absolute atomic E-state index is 8.14. The molecule has 0 aromatic heterocycles. The summed E-state index contributed by atoms with van der Waals surface area (Å²) in [6.07, 6.45) is 0. The van der Waals surface area contributed by atoms with Gasteiger partial charge in [0, 0.05) is 52.9 Å². The van der Waals surface area contributed by atoms with Crippen molar-refractivity contribution in [2.24, 2.45) is 47.3 Å². The fourth-order valence-electron chi connectivity index (χ4n) is 0. The van der Waals surface area contributed by atoms with Gasteiger partial charge in [-0.1, -0.05) is 111 Å². The molecule has 0 amide bonds. The first-order chi connectivity index (χ1) is 18.2. The normalized spacial score (nSPS) is 9.60. The van der Waals surface area contributed by atoms with Crippen molar-refractivity contribution in [2.45, 2.75) is 111 Å². The smallest absolute Gasteiger partial charge is 0.0453 e. The van der Waals surface area contributed by atoms with E-state index in [1.807, 2.05) is 111 Å². The SMILES string of the molecule is CC(C)CO.CC(C)CO.CC(C)CO.CC(C)CO.CC(C)CO.CC(C)CO.CC(C)CO.CC(C)CO. The van der Waals surface area contributed by atoms with E-state index in [9.17, 15) is 0 Å². The highest BCUT2D eigenvalue weighted by Crippen LogP contribution is 1.86. The van der Waals surface area contributed by atoms with Crippen molar-refractivity contribution in [2.75, 3.05) is 52.9 Å². The number of aliphatic hydroxyl groups excluding tert-OH is 8. The molecule has 8 heteroatoms. The largest absolute Gasteiger partial charge is 0.396 e. The Bertz CT molecular complexity index is 237. The van der Waals surface area contributed by atoms with Crippen molar-refractivity contribution in [3.63, 3.8) is 0 Å². The first-order valence-corrected chi connectivity index (χ1v) is 15.0. The molecular weight excluding hydrogens is 512 g/mol. The van der Waals surface area contributed by atoms with Gasteiger partial charge in [0.15, 0.2) is 0 Å². The number of hydrogen-bond donors (Lipinski definition) is 8. The molecule has 8 N–H and O–H groups in total. The van der Waals surface area contributed by atoms with E-state index in [4.69, 9.17) is 40.9 Å². The van der Waals surface area contributed by atoms with Crippen molar-refractivity contribution in [1.82, 2.24) is 0 Å². The van der Waals surface area contributed by atoms with E-state index >= 15 is 0 Å². The van der Waals surface area contributed by atoms with Gasteiger partial charge < -0.3 is 40.9 Å². The standard InChI is InChI=1S/8C4H10O/c8*1-4(2)3-5/h8*4-5H,3H2,1-2H3. The lowest BCUT2D eigenvalue weighted by Gasteiger charge is -1.90. The maximum Gasteiger partial charge on any atom is 0.0453 e. The van der Waals surface area contributed by atoms with Crippen LogP contribution in [-0.4, -0.2) is 93.7 Å². The predicted molar refractivity (Wildman–Crippen MR) is 175 cm³/mol. The topological polar surface area (TPSA) is 162 Å². The molecule has 0 fully saturated rings. The van der Waals surface area contributed by atoms with Gasteiger partial charge in [0.2, 0.25) is 0 Å². The number of hydrogen-bond acceptors (Lipinski definition) is 8. The minimum absolute atomic E-state index is 0.306. The Labute approximate surface area is 251 Å². The summed E-state index contributed by atoms with van der Waals surface area (Å²) >= 11 is 0. The quantitative estimate of drug-likeness (QED) is 0.194. The second-order valence-electron chi connectivity index (χ2n) is 12.6. The van der Waals surface area contributed by atoms with Crippen LogP contribution >= 0.6 is 0 Å². The lowest BCUT2D eigenvalue weighted by atomic mass is 10.2. The predicted octanol–water partition coefficient (Wildman–Crippen LogP) is 5.08. The molecule has 0 aromatic carbocycles. The van der Waals surface area contributed by atoms with E-state index in [0.29, 0.717) is 100 Å². The molecule has 256 valence electrons. The summed E-state index contributed by atoms with van der Waals surface area (Å²) in [5, 5.41) is 65.1. The van der Waals surface area contributed by atoms with Crippen molar-refractivity contribution in [3.05, 3.63) is 0 Å². The fourth-order valence-corrected chi connectivity index (χ4v) is 0. The van der Waals surface area contributed by atoms with Gasteiger partial charge in [-0.25, -0.2) is 0 Å². The lowest BCUT2D eigenvalue weighted by molar-refractivity contribution is 0.248.